The van der Waals surface area contributed by atoms with Crippen LogP contribution in [-0.2, 0) is 23.8 Å². The van der Waals surface area contributed by atoms with Crippen molar-refractivity contribution in [3.63, 3.8) is 0 Å². The van der Waals surface area contributed by atoms with Crippen LogP contribution in [0, 0.1) is 0 Å². The van der Waals surface area contributed by atoms with Gasteiger partial charge in [0.05, 0.1) is 19.3 Å². The van der Waals surface area contributed by atoms with Crippen molar-refractivity contribution in [2.24, 2.45) is 0 Å². The fraction of sp³-hybridized carbons (Fsp3) is 0.886. The molecule has 0 N–H and O–H groups in total. The van der Waals surface area contributed by atoms with Crippen molar-refractivity contribution in [2.45, 2.75) is 171 Å². The Bertz CT molecular complexity index is 513. The summed E-state index contributed by atoms with van der Waals surface area (Å²) in [5.74, 6) is -0.322. The highest BCUT2D eigenvalue weighted by molar-refractivity contribution is 5.76. The number of likely N-dealkylation sites (tertiary alicyclic amines) is 1. The summed E-state index contributed by atoms with van der Waals surface area (Å²) in [5, 5.41) is 0. The number of rotatable bonds is 19. The van der Waals surface area contributed by atoms with E-state index in [1.807, 2.05) is 13.8 Å². The van der Waals surface area contributed by atoms with Gasteiger partial charge in [-0.15, -0.1) is 13.2 Å². The van der Waals surface area contributed by atoms with Crippen molar-refractivity contribution >= 4 is 11.9 Å². The molecule has 0 aromatic rings. The Hall–Kier alpha value is -1.40. The summed E-state index contributed by atoms with van der Waals surface area (Å²) in [6, 6.07) is -0.160. The van der Waals surface area contributed by atoms with Gasteiger partial charge in [-0.1, -0.05) is 107 Å². The molecule has 1 aliphatic heterocycles. The van der Waals surface area contributed by atoms with E-state index in [0.717, 1.165) is 71.1 Å². The molecule has 1 rings (SSSR count). The predicted octanol–water partition coefficient (Wildman–Crippen LogP) is 9.93. The zero-order chi connectivity index (χ0) is 32.2. The molecular formula is C35H73NO5. The third kappa shape index (κ3) is 34.7. The summed E-state index contributed by atoms with van der Waals surface area (Å²) in [6.07, 6.45) is 16.8. The lowest BCUT2D eigenvalue weighted by Crippen LogP contribution is -2.38. The van der Waals surface area contributed by atoms with Gasteiger partial charge in [0.2, 0.25) is 0 Å². The molecule has 1 fully saturated rings. The van der Waals surface area contributed by atoms with Crippen LogP contribution in [0.5, 0.6) is 0 Å². The van der Waals surface area contributed by atoms with Gasteiger partial charge in [0.25, 0.3) is 0 Å². The molecule has 0 bridgehead atoms. The van der Waals surface area contributed by atoms with E-state index >= 15 is 0 Å². The zero-order valence-electron chi connectivity index (χ0n) is 29.2. The molecule has 2 unspecified atom stereocenters. The van der Waals surface area contributed by atoms with Gasteiger partial charge in [-0.05, 0) is 45.1 Å². The van der Waals surface area contributed by atoms with E-state index < -0.39 is 0 Å². The quantitative estimate of drug-likeness (QED) is 0.0851. The minimum Gasteiger partial charge on any atom is -0.466 e. The second-order valence-corrected chi connectivity index (χ2v) is 10.1. The third-order valence-corrected chi connectivity index (χ3v) is 6.13. The molecule has 1 heterocycles. The van der Waals surface area contributed by atoms with Crippen molar-refractivity contribution in [3.8, 4) is 0 Å². The Morgan fingerprint density at radius 1 is 0.683 bits per heavy atom. The highest BCUT2D eigenvalue weighted by Crippen LogP contribution is 2.23. The Balaban J connectivity index is -0.000000539. The third-order valence-electron chi connectivity index (χ3n) is 6.13. The first-order chi connectivity index (χ1) is 19.9. The maximum atomic E-state index is 12.7. The van der Waals surface area contributed by atoms with Gasteiger partial charge in [0, 0.05) is 26.5 Å². The van der Waals surface area contributed by atoms with Crippen molar-refractivity contribution < 1.29 is 23.8 Å². The molecule has 1 aliphatic rings. The van der Waals surface area contributed by atoms with Gasteiger partial charge < -0.3 is 14.2 Å². The number of hydrogen-bond donors (Lipinski definition) is 0. The highest BCUT2D eigenvalue weighted by atomic mass is 16.5. The fourth-order valence-corrected chi connectivity index (χ4v) is 3.83. The van der Waals surface area contributed by atoms with Crippen LogP contribution in [0.4, 0.5) is 0 Å². The molecule has 0 aromatic carbocycles. The lowest BCUT2D eigenvalue weighted by molar-refractivity contribution is -0.149. The normalized spacial score (nSPS) is 15.4. The van der Waals surface area contributed by atoms with Gasteiger partial charge in [-0.3, -0.25) is 14.5 Å². The minimum atomic E-state index is -0.229. The molecule has 6 nitrogen and oxygen atoms in total. The smallest absolute Gasteiger partial charge is 0.323 e. The van der Waals surface area contributed by atoms with Crippen molar-refractivity contribution in [3.05, 3.63) is 13.2 Å². The average Bonchev–Trinajstić information content (AvgIpc) is 3.39. The van der Waals surface area contributed by atoms with Crippen LogP contribution in [-0.4, -0.2) is 61.9 Å². The van der Waals surface area contributed by atoms with Gasteiger partial charge >= 0.3 is 11.9 Å². The van der Waals surface area contributed by atoms with Crippen LogP contribution in [0.25, 0.3) is 0 Å². The minimum absolute atomic E-state index is 0.0925. The van der Waals surface area contributed by atoms with E-state index in [1.54, 1.807) is 0 Å². The first-order valence-electron chi connectivity index (χ1n) is 17.1. The maximum Gasteiger partial charge on any atom is 0.323 e. The summed E-state index contributed by atoms with van der Waals surface area (Å²) in [7, 11) is 0. The van der Waals surface area contributed by atoms with E-state index in [4.69, 9.17) is 14.2 Å². The van der Waals surface area contributed by atoms with Gasteiger partial charge in [0.15, 0.2) is 0 Å². The van der Waals surface area contributed by atoms with Crippen LogP contribution in [0.3, 0.4) is 0 Å². The van der Waals surface area contributed by atoms with E-state index in [-0.39, 0.29) is 24.1 Å². The molecule has 6 heteroatoms. The Kier molecular flexibility index (Phi) is 46.3. The lowest BCUT2D eigenvalue weighted by Gasteiger charge is -2.22. The van der Waals surface area contributed by atoms with E-state index in [2.05, 4.69) is 59.6 Å². The summed E-state index contributed by atoms with van der Waals surface area (Å²) < 4.78 is 16.5. The molecule has 0 radical (unpaired) electrons. The van der Waals surface area contributed by atoms with Crippen LogP contribution >= 0.6 is 0 Å². The lowest BCUT2D eigenvalue weighted by atomic mass is 10.1. The van der Waals surface area contributed by atoms with Crippen molar-refractivity contribution in [1.29, 1.82) is 0 Å². The molecule has 2 atom stereocenters. The molecule has 0 spiro atoms. The summed E-state index contributed by atoms with van der Waals surface area (Å²) >= 11 is 0. The summed E-state index contributed by atoms with van der Waals surface area (Å²) in [5.41, 5.74) is 0. The average molecular weight is 588 g/mol. The molecule has 0 saturated carbocycles. The number of ether oxygens (including phenoxy) is 3. The fourth-order valence-electron chi connectivity index (χ4n) is 3.83. The number of carbonyl (C=O) groups excluding carboxylic acids is 2. The Morgan fingerprint density at radius 3 is 1.66 bits per heavy atom. The molecule has 0 aromatic heterocycles. The Morgan fingerprint density at radius 2 is 1.17 bits per heavy atom. The van der Waals surface area contributed by atoms with Crippen LogP contribution in [0.15, 0.2) is 13.2 Å². The topological polar surface area (TPSA) is 65.1 Å². The van der Waals surface area contributed by atoms with E-state index in [9.17, 15) is 9.59 Å². The zero-order valence-corrected chi connectivity index (χ0v) is 29.2. The Labute approximate surface area is 257 Å². The monoisotopic (exact) mass is 588 g/mol. The standard InChI is InChI=1S/C24H45NO5.C4H10.C3H8.C2H6.C2H4/c1-4-6-8-9-12-15-25-20-22(29-16-7-5-2)19-23(25)24(27)30-18-14-11-10-13-17-28-21(3)26;1-3-4-2;1-3-2;2*1-2/h22-23H,4-20H2,1-3H3;3-4H2,1-2H3;3H2,1-2H3;1-2H3;1-2H2. The van der Waals surface area contributed by atoms with Crippen molar-refractivity contribution in [2.75, 3.05) is 32.9 Å². The molecular weight excluding hydrogens is 514 g/mol. The molecule has 0 amide bonds. The second kappa shape index (κ2) is 40.7. The molecule has 248 valence electrons. The molecule has 0 aliphatic carbocycles. The maximum absolute atomic E-state index is 12.7. The highest BCUT2D eigenvalue weighted by Gasteiger charge is 2.37. The van der Waals surface area contributed by atoms with E-state index in [1.165, 1.54) is 51.9 Å². The second-order valence-electron chi connectivity index (χ2n) is 10.1. The number of nitrogens with zero attached hydrogens (tertiary/aromatic N) is 1. The molecule has 1 saturated heterocycles. The van der Waals surface area contributed by atoms with E-state index in [0.29, 0.717) is 13.2 Å². The van der Waals surface area contributed by atoms with Crippen LogP contribution in [0.2, 0.25) is 0 Å². The predicted molar refractivity (Wildman–Crippen MR) is 179 cm³/mol. The first-order valence-corrected chi connectivity index (χ1v) is 17.1. The summed E-state index contributed by atoms with van der Waals surface area (Å²) in [6.45, 7) is 27.9. The SMILES string of the molecule is C=C.CC.CCC.CCCC.CCCCCCCN1CC(OCCCC)CC1C(=O)OCCCCCCOC(C)=O. The van der Waals surface area contributed by atoms with Gasteiger partial charge in [-0.2, -0.15) is 0 Å². The largest absolute Gasteiger partial charge is 0.466 e. The number of unbranched alkanes of at least 4 members (excludes halogenated alkanes) is 9. The van der Waals surface area contributed by atoms with Crippen LogP contribution in [0.1, 0.15) is 159 Å². The first kappa shape index (κ1) is 46.6. The van der Waals surface area contributed by atoms with Gasteiger partial charge in [0.1, 0.15) is 6.04 Å². The summed E-state index contributed by atoms with van der Waals surface area (Å²) in [4.78, 5) is 25.7. The molecule has 41 heavy (non-hydrogen) atoms. The number of hydrogen-bond acceptors (Lipinski definition) is 6. The van der Waals surface area contributed by atoms with Gasteiger partial charge in [-0.25, -0.2) is 0 Å². The van der Waals surface area contributed by atoms with Crippen molar-refractivity contribution in [1.82, 2.24) is 4.90 Å². The number of carbonyl (C=O) groups is 2. The van der Waals surface area contributed by atoms with Crippen LogP contribution < -0.4 is 0 Å². The number of esters is 2.